The van der Waals surface area contributed by atoms with Crippen molar-refractivity contribution < 1.29 is 5.11 Å². The van der Waals surface area contributed by atoms with Crippen molar-refractivity contribution in [1.29, 1.82) is 0 Å². The van der Waals surface area contributed by atoms with Gasteiger partial charge in [-0.05, 0) is 24.6 Å². The number of hydrogen-bond donors (Lipinski definition) is 3. The second-order valence-electron chi connectivity index (χ2n) is 5.31. The smallest absolute Gasteiger partial charge is 0.185 e. The zero-order chi connectivity index (χ0) is 16.2. The molecule has 4 N–H and O–H groups in total. The predicted octanol–water partition coefficient (Wildman–Crippen LogP) is 3.36. The number of nitrogens with zero attached hydrogens (tertiary/aromatic N) is 2. The lowest BCUT2D eigenvalue weighted by Crippen LogP contribution is -1.99. The summed E-state index contributed by atoms with van der Waals surface area (Å²) in [6.07, 6.45) is 1.44. The molecule has 0 amide bonds. The van der Waals surface area contributed by atoms with Crippen LogP contribution in [-0.4, -0.2) is 15.1 Å². The number of nitrogens with one attached hydrogen (secondary N) is 1. The molecule has 5 nitrogen and oxygen atoms in total. The van der Waals surface area contributed by atoms with E-state index < -0.39 is 0 Å². The minimum atomic E-state index is 0.0271. The molecule has 5 heteroatoms. The molecular formula is C18H18N4O. The van der Waals surface area contributed by atoms with Crippen LogP contribution in [0.4, 0.5) is 11.5 Å². The van der Waals surface area contributed by atoms with Crippen LogP contribution in [0.3, 0.4) is 0 Å². The maximum Gasteiger partial charge on any atom is 0.185 e. The molecule has 0 aliphatic carbocycles. The van der Waals surface area contributed by atoms with Gasteiger partial charge in [0.05, 0.1) is 0 Å². The first-order chi connectivity index (χ1) is 11.2. The van der Waals surface area contributed by atoms with Gasteiger partial charge in [-0.1, -0.05) is 42.0 Å². The van der Waals surface area contributed by atoms with Crippen molar-refractivity contribution in [2.24, 2.45) is 5.73 Å². The fourth-order valence-electron chi connectivity index (χ4n) is 2.25. The average Bonchev–Trinajstić information content (AvgIpc) is 2.58. The number of aromatic nitrogens is 2. The van der Waals surface area contributed by atoms with Crippen molar-refractivity contribution in [2.45, 2.75) is 13.5 Å². The van der Waals surface area contributed by atoms with Crippen molar-refractivity contribution >= 4 is 11.5 Å². The molecule has 1 aromatic heterocycles. The van der Waals surface area contributed by atoms with Crippen LogP contribution >= 0.6 is 0 Å². The van der Waals surface area contributed by atoms with Crippen LogP contribution in [0, 0.1) is 6.92 Å². The van der Waals surface area contributed by atoms with Crippen LogP contribution in [0.2, 0.25) is 0 Å². The van der Waals surface area contributed by atoms with Crippen LogP contribution < -0.4 is 11.1 Å². The van der Waals surface area contributed by atoms with Crippen molar-refractivity contribution in [3.63, 3.8) is 0 Å². The molecule has 0 bridgehead atoms. The fourth-order valence-corrected chi connectivity index (χ4v) is 2.25. The highest BCUT2D eigenvalue weighted by Crippen LogP contribution is 2.33. The van der Waals surface area contributed by atoms with Gasteiger partial charge < -0.3 is 16.2 Å². The minimum Gasteiger partial charge on any atom is -0.503 e. The van der Waals surface area contributed by atoms with Crippen molar-refractivity contribution in [1.82, 2.24) is 9.97 Å². The topological polar surface area (TPSA) is 84.1 Å². The van der Waals surface area contributed by atoms with Gasteiger partial charge in [0.1, 0.15) is 12.0 Å². The number of benzene rings is 2. The number of rotatable bonds is 4. The standard InChI is InChI=1S/C18H18N4O/c1-12-2-6-14(7-3-12)16-17(23)18(21-11-20-16)22-15-8-4-13(10-19)5-9-15/h2-9,11,23H,10,19H2,1H3,(H,20,21,22). The monoisotopic (exact) mass is 306 g/mol. The maximum atomic E-state index is 10.5. The molecule has 0 saturated carbocycles. The summed E-state index contributed by atoms with van der Waals surface area (Å²) in [5, 5.41) is 13.6. The van der Waals surface area contributed by atoms with Gasteiger partial charge in [-0.3, -0.25) is 0 Å². The highest BCUT2D eigenvalue weighted by Gasteiger charge is 2.12. The Kier molecular flexibility index (Phi) is 4.21. The van der Waals surface area contributed by atoms with E-state index >= 15 is 0 Å². The Morgan fingerprint density at radius 3 is 2.35 bits per heavy atom. The first-order valence-electron chi connectivity index (χ1n) is 7.34. The molecule has 0 fully saturated rings. The van der Waals surface area contributed by atoms with Crippen LogP contribution in [0.25, 0.3) is 11.3 Å². The summed E-state index contributed by atoms with van der Waals surface area (Å²) in [4.78, 5) is 8.31. The summed E-state index contributed by atoms with van der Waals surface area (Å²) in [5.74, 6) is 0.398. The maximum absolute atomic E-state index is 10.5. The molecule has 2 aromatic carbocycles. The van der Waals surface area contributed by atoms with E-state index in [4.69, 9.17) is 5.73 Å². The third-order valence-corrected chi connectivity index (χ3v) is 3.60. The molecular weight excluding hydrogens is 288 g/mol. The molecule has 0 aliphatic rings. The number of aryl methyl sites for hydroxylation is 1. The summed E-state index contributed by atoms with van der Waals surface area (Å²) < 4.78 is 0. The van der Waals surface area contributed by atoms with Gasteiger partial charge in [0.25, 0.3) is 0 Å². The van der Waals surface area contributed by atoms with Crippen LogP contribution in [0.15, 0.2) is 54.9 Å². The van der Waals surface area contributed by atoms with E-state index in [9.17, 15) is 5.11 Å². The molecule has 116 valence electrons. The van der Waals surface area contributed by atoms with Gasteiger partial charge in [-0.25, -0.2) is 9.97 Å². The second kappa shape index (κ2) is 6.46. The summed E-state index contributed by atoms with van der Waals surface area (Å²) in [7, 11) is 0. The van der Waals surface area contributed by atoms with Crippen molar-refractivity contribution in [3.05, 3.63) is 66.0 Å². The summed E-state index contributed by atoms with van der Waals surface area (Å²) in [6.45, 7) is 2.51. The molecule has 1 heterocycles. The molecule has 0 spiro atoms. The van der Waals surface area contributed by atoms with E-state index in [-0.39, 0.29) is 5.75 Å². The number of anilines is 2. The van der Waals surface area contributed by atoms with Crippen LogP contribution in [0.5, 0.6) is 5.75 Å². The largest absolute Gasteiger partial charge is 0.503 e. The fraction of sp³-hybridized carbons (Fsp3) is 0.111. The van der Waals surface area contributed by atoms with Gasteiger partial charge in [-0.15, -0.1) is 0 Å². The molecule has 23 heavy (non-hydrogen) atoms. The molecule has 0 saturated heterocycles. The molecule has 0 unspecified atom stereocenters. The Hall–Kier alpha value is -2.92. The van der Waals surface area contributed by atoms with E-state index in [2.05, 4.69) is 15.3 Å². The Morgan fingerprint density at radius 1 is 1.00 bits per heavy atom. The Bertz CT molecular complexity index is 798. The predicted molar refractivity (Wildman–Crippen MR) is 91.5 cm³/mol. The number of nitrogens with two attached hydrogens (primary N) is 1. The van der Waals surface area contributed by atoms with E-state index in [1.165, 1.54) is 6.33 Å². The Morgan fingerprint density at radius 2 is 1.70 bits per heavy atom. The zero-order valence-corrected chi connectivity index (χ0v) is 12.8. The lowest BCUT2D eigenvalue weighted by Gasteiger charge is -2.11. The highest BCUT2D eigenvalue weighted by molar-refractivity contribution is 5.74. The quantitative estimate of drug-likeness (QED) is 0.688. The summed E-state index contributed by atoms with van der Waals surface area (Å²) in [5.41, 5.74) is 9.96. The molecule has 3 rings (SSSR count). The minimum absolute atomic E-state index is 0.0271. The van der Waals surface area contributed by atoms with Crippen LogP contribution in [-0.2, 0) is 6.54 Å². The molecule has 3 aromatic rings. The van der Waals surface area contributed by atoms with Crippen LogP contribution in [0.1, 0.15) is 11.1 Å². The van der Waals surface area contributed by atoms with Crippen molar-refractivity contribution in [2.75, 3.05) is 5.32 Å². The molecule has 0 radical (unpaired) electrons. The van der Waals surface area contributed by atoms with E-state index in [1.807, 2.05) is 55.5 Å². The summed E-state index contributed by atoms with van der Waals surface area (Å²) >= 11 is 0. The van der Waals surface area contributed by atoms with E-state index in [0.29, 0.717) is 18.1 Å². The van der Waals surface area contributed by atoms with Gasteiger partial charge in [-0.2, -0.15) is 0 Å². The van der Waals surface area contributed by atoms with Gasteiger partial charge in [0, 0.05) is 17.8 Å². The van der Waals surface area contributed by atoms with Gasteiger partial charge >= 0.3 is 0 Å². The number of hydrogen-bond acceptors (Lipinski definition) is 5. The first kappa shape index (κ1) is 15.0. The first-order valence-corrected chi connectivity index (χ1v) is 7.34. The zero-order valence-electron chi connectivity index (χ0n) is 12.8. The normalized spacial score (nSPS) is 10.5. The Balaban J connectivity index is 1.91. The number of aromatic hydroxyl groups is 1. The third kappa shape index (κ3) is 3.30. The summed E-state index contributed by atoms with van der Waals surface area (Å²) in [6, 6.07) is 15.5. The van der Waals surface area contributed by atoms with E-state index in [1.54, 1.807) is 0 Å². The molecule has 0 aliphatic heterocycles. The second-order valence-corrected chi connectivity index (χ2v) is 5.31. The average molecular weight is 306 g/mol. The van der Waals surface area contributed by atoms with Gasteiger partial charge in [0.15, 0.2) is 11.6 Å². The van der Waals surface area contributed by atoms with Gasteiger partial charge in [0.2, 0.25) is 0 Å². The Labute approximate surface area is 134 Å². The highest BCUT2D eigenvalue weighted by atomic mass is 16.3. The molecule has 0 atom stereocenters. The van der Waals surface area contributed by atoms with E-state index in [0.717, 1.165) is 22.4 Å². The lowest BCUT2D eigenvalue weighted by molar-refractivity contribution is 0.475. The van der Waals surface area contributed by atoms with Crippen molar-refractivity contribution in [3.8, 4) is 17.0 Å². The third-order valence-electron chi connectivity index (χ3n) is 3.60. The lowest BCUT2D eigenvalue weighted by atomic mass is 10.1. The SMILES string of the molecule is Cc1ccc(-c2ncnc(Nc3ccc(CN)cc3)c2O)cc1.